The first kappa shape index (κ1) is 20.8. The van der Waals surface area contributed by atoms with Gasteiger partial charge in [0.25, 0.3) is 11.7 Å². The maximum atomic E-state index is 13.0. The van der Waals surface area contributed by atoms with Crippen molar-refractivity contribution in [2.75, 3.05) is 13.3 Å². The van der Waals surface area contributed by atoms with E-state index in [-0.39, 0.29) is 24.2 Å². The minimum atomic E-state index is -0.707. The number of carbonyl (C=O) groups is 2. The molecule has 0 spiro atoms. The van der Waals surface area contributed by atoms with Crippen LogP contribution in [0.25, 0.3) is 5.76 Å². The highest BCUT2D eigenvalue weighted by molar-refractivity contribution is 6.46. The van der Waals surface area contributed by atoms with Crippen LogP contribution in [0, 0.1) is 0 Å². The van der Waals surface area contributed by atoms with Crippen LogP contribution in [0.1, 0.15) is 44.4 Å². The SMILES string of the molecule is CCCN1C(=O)C(=O)/C(=C(\O)c2ccc3c(c2)OCO3)C1c1cccc(OC(C)C)c1. The van der Waals surface area contributed by atoms with Crippen LogP contribution in [0.15, 0.2) is 48.0 Å². The maximum Gasteiger partial charge on any atom is 0.295 e. The molecule has 2 aromatic carbocycles. The molecule has 4 rings (SSSR count). The molecule has 7 heteroatoms. The van der Waals surface area contributed by atoms with Crippen molar-refractivity contribution in [3.63, 3.8) is 0 Å². The molecule has 2 heterocycles. The summed E-state index contributed by atoms with van der Waals surface area (Å²) in [5.74, 6) is 0.120. The lowest BCUT2D eigenvalue weighted by Gasteiger charge is -2.25. The number of Topliss-reactive ketones (excluding diaryl/α,β-unsaturated/α-hetero) is 1. The molecule has 0 radical (unpaired) electrons. The first-order chi connectivity index (χ1) is 14.9. The number of benzene rings is 2. The van der Waals surface area contributed by atoms with Crippen LogP contribution >= 0.6 is 0 Å². The number of likely N-dealkylation sites (tertiary alicyclic amines) is 1. The van der Waals surface area contributed by atoms with Crippen molar-refractivity contribution < 1.29 is 28.9 Å². The summed E-state index contributed by atoms with van der Waals surface area (Å²) in [7, 11) is 0. The lowest BCUT2D eigenvalue weighted by molar-refractivity contribution is -0.139. The largest absolute Gasteiger partial charge is 0.507 e. The van der Waals surface area contributed by atoms with Gasteiger partial charge in [-0.3, -0.25) is 9.59 Å². The highest BCUT2D eigenvalue weighted by Crippen LogP contribution is 2.42. The predicted octanol–water partition coefficient (Wildman–Crippen LogP) is 4.03. The molecule has 1 unspecified atom stereocenters. The Hall–Kier alpha value is -3.48. The van der Waals surface area contributed by atoms with Gasteiger partial charge in [-0.15, -0.1) is 0 Å². The van der Waals surface area contributed by atoms with E-state index >= 15 is 0 Å². The zero-order valence-electron chi connectivity index (χ0n) is 17.8. The second-order valence-electron chi connectivity index (χ2n) is 7.80. The summed E-state index contributed by atoms with van der Waals surface area (Å²) in [6.07, 6.45) is 0.654. The normalized spacial score (nSPS) is 19.4. The van der Waals surface area contributed by atoms with E-state index in [1.54, 1.807) is 18.2 Å². The third-order valence-electron chi connectivity index (χ3n) is 5.20. The van der Waals surface area contributed by atoms with Crippen LogP contribution < -0.4 is 14.2 Å². The van der Waals surface area contributed by atoms with Crippen LogP contribution in [-0.2, 0) is 9.59 Å². The van der Waals surface area contributed by atoms with Crippen molar-refractivity contribution in [3.8, 4) is 17.2 Å². The maximum absolute atomic E-state index is 13.0. The van der Waals surface area contributed by atoms with Crippen molar-refractivity contribution in [2.45, 2.75) is 39.3 Å². The van der Waals surface area contributed by atoms with E-state index in [0.29, 0.717) is 41.3 Å². The van der Waals surface area contributed by atoms with Gasteiger partial charge in [0.1, 0.15) is 11.5 Å². The lowest BCUT2D eigenvalue weighted by Crippen LogP contribution is -2.30. The summed E-state index contributed by atoms with van der Waals surface area (Å²) in [5, 5.41) is 11.1. The number of carbonyl (C=O) groups excluding carboxylic acids is 2. The number of aliphatic hydroxyl groups is 1. The third kappa shape index (κ3) is 3.83. The second kappa shape index (κ2) is 8.34. The quantitative estimate of drug-likeness (QED) is 0.429. The fourth-order valence-electron chi connectivity index (χ4n) is 3.93. The molecule has 2 aliphatic rings. The number of fused-ring (bicyclic) bond motifs is 1. The summed E-state index contributed by atoms with van der Waals surface area (Å²) in [5.41, 5.74) is 1.14. The average Bonchev–Trinajstić information content (AvgIpc) is 3.31. The second-order valence-corrected chi connectivity index (χ2v) is 7.80. The Labute approximate surface area is 180 Å². The molecule has 31 heavy (non-hydrogen) atoms. The van der Waals surface area contributed by atoms with Gasteiger partial charge < -0.3 is 24.2 Å². The Balaban J connectivity index is 1.83. The summed E-state index contributed by atoms with van der Waals surface area (Å²) in [6, 6.07) is 11.5. The van der Waals surface area contributed by atoms with Crippen LogP contribution in [-0.4, -0.2) is 41.1 Å². The number of hydrogen-bond donors (Lipinski definition) is 1. The van der Waals surface area contributed by atoms with Crippen LogP contribution in [0.2, 0.25) is 0 Å². The van der Waals surface area contributed by atoms with Gasteiger partial charge in [0, 0.05) is 12.1 Å². The Bertz CT molecular complexity index is 1060. The number of ketones is 1. The molecule has 1 amide bonds. The van der Waals surface area contributed by atoms with Gasteiger partial charge in [0.15, 0.2) is 11.5 Å². The van der Waals surface area contributed by atoms with E-state index in [4.69, 9.17) is 14.2 Å². The molecule has 2 aliphatic heterocycles. The average molecular weight is 423 g/mol. The zero-order chi connectivity index (χ0) is 22.1. The topological polar surface area (TPSA) is 85.3 Å². The highest BCUT2D eigenvalue weighted by Gasteiger charge is 2.45. The van der Waals surface area contributed by atoms with Gasteiger partial charge >= 0.3 is 0 Å². The van der Waals surface area contributed by atoms with Crippen LogP contribution in [0.4, 0.5) is 0 Å². The van der Waals surface area contributed by atoms with E-state index in [1.807, 2.05) is 45.0 Å². The standard InChI is InChI=1S/C24H25NO6/c1-4-10-25-21(15-6-5-7-17(11-15)31-14(2)3)20(23(27)24(25)28)22(26)16-8-9-18-19(12-16)30-13-29-18/h5-9,11-12,14,21,26H,4,10,13H2,1-3H3/b22-20-. The molecule has 2 aromatic rings. The highest BCUT2D eigenvalue weighted by atomic mass is 16.7. The molecule has 0 saturated carbocycles. The molecule has 0 aromatic heterocycles. The molecule has 0 bridgehead atoms. The van der Waals surface area contributed by atoms with Gasteiger partial charge in [-0.05, 0) is 56.2 Å². The molecule has 1 fully saturated rings. The number of rotatable bonds is 6. The van der Waals surface area contributed by atoms with E-state index in [1.165, 1.54) is 4.90 Å². The molecule has 7 nitrogen and oxygen atoms in total. The van der Waals surface area contributed by atoms with Gasteiger partial charge in [0.05, 0.1) is 17.7 Å². The summed E-state index contributed by atoms with van der Waals surface area (Å²) >= 11 is 0. The lowest BCUT2D eigenvalue weighted by atomic mass is 9.95. The van der Waals surface area contributed by atoms with E-state index in [0.717, 1.165) is 0 Å². The Morgan fingerprint density at radius 1 is 1.16 bits per heavy atom. The van der Waals surface area contributed by atoms with Gasteiger partial charge in [-0.1, -0.05) is 19.1 Å². The fourth-order valence-corrected chi connectivity index (χ4v) is 3.93. The summed E-state index contributed by atoms with van der Waals surface area (Å²) in [6.45, 7) is 6.28. The van der Waals surface area contributed by atoms with Gasteiger partial charge in [0.2, 0.25) is 6.79 Å². The molecule has 1 N–H and O–H groups in total. The first-order valence-electron chi connectivity index (χ1n) is 10.4. The van der Waals surface area contributed by atoms with Gasteiger partial charge in [-0.2, -0.15) is 0 Å². The summed E-state index contributed by atoms with van der Waals surface area (Å²) in [4.78, 5) is 27.3. The van der Waals surface area contributed by atoms with E-state index in [9.17, 15) is 14.7 Å². The third-order valence-corrected chi connectivity index (χ3v) is 5.20. The van der Waals surface area contributed by atoms with E-state index < -0.39 is 17.7 Å². The zero-order valence-corrected chi connectivity index (χ0v) is 17.8. The molecular formula is C24H25NO6. The van der Waals surface area contributed by atoms with Crippen molar-refractivity contribution >= 4 is 17.4 Å². The number of aliphatic hydroxyl groups excluding tert-OH is 1. The number of ether oxygens (including phenoxy) is 3. The Kier molecular flexibility index (Phi) is 5.59. The van der Waals surface area contributed by atoms with Crippen molar-refractivity contribution in [3.05, 3.63) is 59.2 Å². The number of hydrogen-bond acceptors (Lipinski definition) is 6. The predicted molar refractivity (Wildman–Crippen MR) is 114 cm³/mol. The minimum Gasteiger partial charge on any atom is -0.507 e. The molecule has 0 aliphatic carbocycles. The van der Waals surface area contributed by atoms with Crippen molar-refractivity contribution in [1.29, 1.82) is 0 Å². The molecular weight excluding hydrogens is 398 g/mol. The Morgan fingerprint density at radius 3 is 2.68 bits per heavy atom. The number of amides is 1. The number of nitrogens with zero attached hydrogens (tertiary/aromatic N) is 1. The van der Waals surface area contributed by atoms with Crippen LogP contribution in [0.3, 0.4) is 0 Å². The minimum absolute atomic E-state index is 0.0223. The van der Waals surface area contributed by atoms with Crippen molar-refractivity contribution in [1.82, 2.24) is 4.90 Å². The fraction of sp³-hybridized carbons (Fsp3) is 0.333. The first-order valence-corrected chi connectivity index (χ1v) is 10.4. The molecule has 1 saturated heterocycles. The van der Waals surface area contributed by atoms with Crippen LogP contribution in [0.5, 0.6) is 17.2 Å². The molecule has 162 valence electrons. The summed E-state index contributed by atoms with van der Waals surface area (Å²) < 4.78 is 16.5. The van der Waals surface area contributed by atoms with Crippen molar-refractivity contribution in [2.24, 2.45) is 0 Å². The Morgan fingerprint density at radius 2 is 1.94 bits per heavy atom. The molecule has 1 atom stereocenters. The monoisotopic (exact) mass is 423 g/mol. The van der Waals surface area contributed by atoms with E-state index in [2.05, 4.69) is 0 Å². The smallest absolute Gasteiger partial charge is 0.295 e. The van der Waals surface area contributed by atoms with Gasteiger partial charge in [-0.25, -0.2) is 0 Å².